The summed E-state index contributed by atoms with van der Waals surface area (Å²) >= 11 is 0. The Labute approximate surface area is 74.9 Å². The third-order valence-electron chi connectivity index (χ3n) is 2.15. The number of nitrogens with zero attached hydrogens (tertiary/aromatic N) is 1. The van der Waals surface area contributed by atoms with E-state index < -0.39 is 0 Å². The molecule has 1 fully saturated rings. The van der Waals surface area contributed by atoms with Gasteiger partial charge >= 0.3 is 0 Å². The van der Waals surface area contributed by atoms with Crippen LogP contribution in [-0.4, -0.2) is 44.8 Å². The molecule has 12 heavy (non-hydrogen) atoms. The summed E-state index contributed by atoms with van der Waals surface area (Å²) in [7, 11) is 2.16. The maximum absolute atomic E-state index is 5.30. The van der Waals surface area contributed by atoms with Crippen molar-refractivity contribution in [2.45, 2.75) is 12.8 Å². The van der Waals surface area contributed by atoms with Gasteiger partial charge < -0.3 is 15.4 Å². The molecule has 0 atom stereocenters. The summed E-state index contributed by atoms with van der Waals surface area (Å²) in [5.74, 6) is 0.976. The zero-order chi connectivity index (χ0) is 8.81. The van der Waals surface area contributed by atoms with E-state index in [1.165, 1.54) is 19.4 Å². The third kappa shape index (κ3) is 4.70. The quantitative estimate of drug-likeness (QED) is 0.561. The molecule has 0 unspecified atom stereocenters. The first-order chi connectivity index (χ1) is 5.83. The fraction of sp³-hybridized carbons (Fsp3) is 1.00. The standard InChI is InChI=1S/C9H20N2O/c1-11(8-9-2-3-9)5-7-12-6-4-10/h9H,2-8,10H2,1H3. The van der Waals surface area contributed by atoms with Gasteiger partial charge in [-0.2, -0.15) is 0 Å². The summed E-state index contributed by atoms with van der Waals surface area (Å²) in [6.07, 6.45) is 2.85. The van der Waals surface area contributed by atoms with Crippen LogP contribution in [0.2, 0.25) is 0 Å². The molecule has 1 aliphatic rings. The number of nitrogens with two attached hydrogens (primary N) is 1. The van der Waals surface area contributed by atoms with Crippen LogP contribution in [0.15, 0.2) is 0 Å². The zero-order valence-corrected chi connectivity index (χ0v) is 7.96. The molecule has 2 N–H and O–H groups in total. The number of rotatable bonds is 7. The molecule has 3 nitrogen and oxygen atoms in total. The Balaban J connectivity index is 1.83. The van der Waals surface area contributed by atoms with E-state index in [-0.39, 0.29) is 0 Å². The minimum absolute atomic E-state index is 0.631. The van der Waals surface area contributed by atoms with Crippen molar-refractivity contribution in [1.82, 2.24) is 4.90 Å². The molecular formula is C9H20N2O. The van der Waals surface area contributed by atoms with E-state index in [2.05, 4.69) is 11.9 Å². The minimum atomic E-state index is 0.631. The van der Waals surface area contributed by atoms with Crippen LogP contribution < -0.4 is 5.73 Å². The molecule has 72 valence electrons. The van der Waals surface area contributed by atoms with Crippen molar-refractivity contribution in [3.05, 3.63) is 0 Å². The van der Waals surface area contributed by atoms with Gasteiger partial charge in [0.05, 0.1) is 13.2 Å². The Morgan fingerprint density at radius 3 is 2.75 bits per heavy atom. The highest BCUT2D eigenvalue weighted by atomic mass is 16.5. The molecule has 0 spiro atoms. The van der Waals surface area contributed by atoms with E-state index in [1.807, 2.05) is 0 Å². The van der Waals surface area contributed by atoms with E-state index in [0.717, 1.165) is 19.1 Å². The van der Waals surface area contributed by atoms with Crippen LogP contribution in [0.1, 0.15) is 12.8 Å². The molecule has 0 aromatic heterocycles. The normalized spacial score (nSPS) is 17.2. The van der Waals surface area contributed by atoms with Gasteiger partial charge in [0.15, 0.2) is 0 Å². The third-order valence-corrected chi connectivity index (χ3v) is 2.15. The second kappa shape index (κ2) is 5.51. The summed E-state index contributed by atoms with van der Waals surface area (Å²) < 4.78 is 5.29. The van der Waals surface area contributed by atoms with Gasteiger partial charge in [-0.1, -0.05) is 0 Å². The fourth-order valence-electron chi connectivity index (χ4n) is 1.24. The Morgan fingerprint density at radius 1 is 1.42 bits per heavy atom. The molecule has 3 heteroatoms. The molecule has 0 amide bonds. The minimum Gasteiger partial charge on any atom is -0.379 e. The van der Waals surface area contributed by atoms with Gasteiger partial charge in [0, 0.05) is 19.6 Å². The predicted molar refractivity (Wildman–Crippen MR) is 50.1 cm³/mol. The van der Waals surface area contributed by atoms with Crippen molar-refractivity contribution in [3.63, 3.8) is 0 Å². The SMILES string of the molecule is CN(CCOCCN)CC1CC1. The van der Waals surface area contributed by atoms with Crippen LogP contribution in [0.4, 0.5) is 0 Å². The van der Waals surface area contributed by atoms with Gasteiger partial charge in [0.25, 0.3) is 0 Å². The first-order valence-electron chi connectivity index (χ1n) is 4.79. The monoisotopic (exact) mass is 172 g/mol. The number of ether oxygens (including phenoxy) is 1. The molecule has 0 radical (unpaired) electrons. The summed E-state index contributed by atoms with van der Waals surface area (Å²) in [4.78, 5) is 2.34. The lowest BCUT2D eigenvalue weighted by molar-refractivity contribution is 0.116. The van der Waals surface area contributed by atoms with Gasteiger partial charge in [0.1, 0.15) is 0 Å². The van der Waals surface area contributed by atoms with Crippen LogP contribution in [0.25, 0.3) is 0 Å². The van der Waals surface area contributed by atoms with Gasteiger partial charge in [-0.3, -0.25) is 0 Å². The highest BCUT2D eigenvalue weighted by Crippen LogP contribution is 2.29. The van der Waals surface area contributed by atoms with E-state index in [4.69, 9.17) is 10.5 Å². The number of hydrogen-bond donors (Lipinski definition) is 1. The Bertz CT molecular complexity index is 115. The van der Waals surface area contributed by atoms with Crippen molar-refractivity contribution >= 4 is 0 Å². The molecule has 1 aliphatic carbocycles. The topological polar surface area (TPSA) is 38.5 Å². The number of likely N-dealkylation sites (N-methyl/N-ethyl adjacent to an activating group) is 1. The van der Waals surface area contributed by atoms with Crippen LogP contribution in [-0.2, 0) is 4.74 Å². The van der Waals surface area contributed by atoms with Crippen molar-refractivity contribution < 1.29 is 4.74 Å². The molecule has 0 saturated heterocycles. The zero-order valence-electron chi connectivity index (χ0n) is 7.96. The average Bonchev–Trinajstić information content (AvgIpc) is 2.82. The molecule has 0 bridgehead atoms. The van der Waals surface area contributed by atoms with Crippen molar-refractivity contribution in [3.8, 4) is 0 Å². The van der Waals surface area contributed by atoms with Crippen molar-refractivity contribution in [2.75, 3.05) is 39.9 Å². The van der Waals surface area contributed by atoms with Crippen LogP contribution in [0.3, 0.4) is 0 Å². The average molecular weight is 172 g/mol. The maximum Gasteiger partial charge on any atom is 0.0593 e. The highest BCUT2D eigenvalue weighted by molar-refractivity contribution is 4.75. The smallest absolute Gasteiger partial charge is 0.0593 e. The molecule has 0 aromatic carbocycles. The largest absolute Gasteiger partial charge is 0.379 e. The highest BCUT2D eigenvalue weighted by Gasteiger charge is 2.22. The van der Waals surface area contributed by atoms with Gasteiger partial charge in [-0.25, -0.2) is 0 Å². The van der Waals surface area contributed by atoms with E-state index in [1.54, 1.807) is 0 Å². The second-order valence-electron chi connectivity index (χ2n) is 3.61. The summed E-state index contributed by atoms with van der Waals surface area (Å²) in [5.41, 5.74) is 5.30. The molecule has 0 heterocycles. The maximum atomic E-state index is 5.30. The summed E-state index contributed by atoms with van der Waals surface area (Å²) in [5, 5.41) is 0. The molecular weight excluding hydrogens is 152 g/mol. The van der Waals surface area contributed by atoms with Crippen molar-refractivity contribution in [2.24, 2.45) is 11.7 Å². The second-order valence-corrected chi connectivity index (χ2v) is 3.61. The predicted octanol–water partition coefficient (Wildman–Crippen LogP) is 0.303. The molecule has 1 rings (SSSR count). The first-order valence-corrected chi connectivity index (χ1v) is 4.79. The van der Waals surface area contributed by atoms with Crippen molar-refractivity contribution in [1.29, 1.82) is 0 Å². The van der Waals surface area contributed by atoms with E-state index in [9.17, 15) is 0 Å². The molecule has 0 aliphatic heterocycles. The lowest BCUT2D eigenvalue weighted by atomic mass is 10.4. The van der Waals surface area contributed by atoms with Crippen LogP contribution >= 0.6 is 0 Å². The first kappa shape index (κ1) is 9.96. The van der Waals surface area contributed by atoms with Gasteiger partial charge in [-0.05, 0) is 25.8 Å². The molecule has 1 saturated carbocycles. The van der Waals surface area contributed by atoms with E-state index >= 15 is 0 Å². The summed E-state index contributed by atoms with van der Waals surface area (Å²) in [6, 6.07) is 0. The number of hydrogen-bond acceptors (Lipinski definition) is 3. The Kier molecular flexibility index (Phi) is 4.58. The Hall–Kier alpha value is -0.120. The lowest BCUT2D eigenvalue weighted by Crippen LogP contribution is -2.26. The van der Waals surface area contributed by atoms with Gasteiger partial charge in [-0.15, -0.1) is 0 Å². The lowest BCUT2D eigenvalue weighted by Gasteiger charge is -2.15. The van der Waals surface area contributed by atoms with E-state index in [0.29, 0.717) is 13.2 Å². The van der Waals surface area contributed by atoms with Crippen LogP contribution in [0, 0.1) is 5.92 Å². The Morgan fingerprint density at radius 2 is 2.17 bits per heavy atom. The van der Waals surface area contributed by atoms with Crippen LogP contribution in [0.5, 0.6) is 0 Å². The fourth-order valence-corrected chi connectivity index (χ4v) is 1.24. The van der Waals surface area contributed by atoms with Gasteiger partial charge in [0.2, 0.25) is 0 Å². The summed E-state index contributed by atoms with van der Waals surface area (Å²) in [6.45, 7) is 4.42. The molecule has 0 aromatic rings.